The van der Waals surface area contributed by atoms with Crippen molar-refractivity contribution >= 4 is 39.1 Å². The second-order valence-electron chi connectivity index (χ2n) is 14.5. The van der Waals surface area contributed by atoms with Gasteiger partial charge in [0.2, 0.25) is 0 Å². The molecule has 0 radical (unpaired) electrons. The van der Waals surface area contributed by atoms with Crippen LogP contribution in [0.4, 0.5) is 11.4 Å². The van der Waals surface area contributed by atoms with Crippen LogP contribution in [0, 0.1) is 12.3 Å². The van der Waals surface area contributed by atoms with Crippen LogP contribution in [-0.2, 0) is 0 Å². The largest absolute Gasteiger partial charge is 0.455 e. The molecule has 2 aromatic heterocycles. The zero-order valence-corrected chi connectivity index (χ0v) is 30.9. The molecule has 260 valence electrons. The van der Waals surface area contributed by atoms with Gasteiger partial charge in [-0.25, -0.2) is 0 Å². The number of fused-ring (bicyclic) bond motifs is 3. The monoisotopic (exact) mass is 689 g/mol. The van der Waals surface area contributed by atoms with Crippen LogP contribution in [0.25, 0.3) is 55.3 Å². The zero-order valence-electron chi connectivity index (χ0n) is 30.9. The Morgan fingerprint density at radius 3 is 1.74 bits per heavy atom. The topological polar surface area (TPSA) is 53.1 Å². The number of hydrogen-bond donors (Lipinski definition) is 1. The molecule has 0 fully saturated rings. The molecule has 0 atom stereocenters. The van der Waals surface area contributed by atoms with Crippen LogP contribution >= 0.6 is 0 Å². The fraction of sp³-hybridized carbons (Fsp3) is 0.143. The Bertz CT molecular complexity index is 2550. The number of anilines is 2. The van der Waals surface area contributed by atoms with Crippen molar-refractivity contribution < 1.29 is 4.42 Å². The first kappa shape index (κ1) is 33.9. The van der Waals surface area contributed by atoms with Crippen molar-refractivity contribution in [1.29, 1.82) is 5.41 Å². The first-order valence-corrected chi connectivity index (χ1v) is 18.4. The molecule has 8 rings (SSSR count). The van der Waals surface area contributed by atoms with Crippen LogP contribution in [0.3, 0.4) is 0 Å². The summed E-state index contributed by atoms with van der Waals surface area (Å²) in [6, 6.07) is 49.0. The lowest BCUT2D eigenvalue weighted by Gasteiger charge is -2.33. The van der Waals surface area contributed by atoms with Crippen molar-refractivity contribution in [2.45, 2.75) is 46.5 Å². The normalized spacial score (nSPS) is 11.5. The molecule has 2 heterocycles. The van der Waals surface area contributed by atoms with Gasteiger partial charge in [0, 0.05) is 17.0 Å². The van der Waals surface area contributed by atoms with E-state index in [2.05, 4.69) is 166 Å². The van der Waals surface area contributed by atoms with Crippen LogP contribution < -0.4 is 4.90 Å². The number of rotatable bonds is 8. The number of furan rings is 1. The molecule has 0 saturated heterocycles. The Hall–Kier alpha value is -6.26. The SMILES string of the molecule is Cc1cncc(N(C(=N)c2cccc3c2oc2cc(-c4ccc(-c5ccccc5)cc4)ccc23)c2c(C(C)C)cc(-c3ccccc3)cc2C(C)C)c1. The van der Waals surface area contributed by atoms with Gasteiger partial charge in [-0.2, -0.15) is 0 Å². The molecule has 8 aromatic rings. The smallest absolute Gasteiger partial charge is 0.146 e. The number of nitrogens with one attached hydrogen (secondary N) is 1. The molecule has 53 heavy (non-hydrogen) atoms. The second-order valence-corrected chi connectivity index (χ2v) is 14.5. The van der Waals surface area contributed by atoms with Gasteiger partial charge >= 0.3 is 0 Å². The van der Waals surface area contributed by atoms with Crippen molar-refractivity contribution in [3.8, 4) is 33.4 Å². The van der Waals surface area contributed by atoms with E-state index in [4.69, 9.17) is 4.42 Å². The molecule has 4 heteroatoms. The van der Waals surface area contributed by atoms with E-state index in [0.717, 1.165) is 50.0 Å². The minimum absolute atomic E-state index is 0.196. The van der Waals surface area contributed by atoms with Crippen LogP contribution in [0.2, 0.25) is 0 Å². The van der Waals surface area contributed by atoms with E-state index in [0.29, 0.717) is 11.4 Å². The van der Waals surface area contributed by atoms with Gasteiger partial charge in [-0.3, -0.25) is 15.3 Å². The lowest BCUT2D eigenvalue weighted by molar-refractivity contribution is 0.668. The number of para-hydroxylation sites is 1. The number of hydrogen-bond acceptors (Lipinski definition) is 3. The molecule has 1 N–H and O–H groups in total. The van der Waals surface area contributed by atoms with Gasteiger partial charge in [-0.15, -0.1) is 0 Å². The number of pyridine rings is 1. The van der Waals surface area contributed by atoms with Gasteiger partial charge in [0.1, 0.15) is 17.0 Å². The van der Waals surface area contributed by atoms with Gasteiger partial charge < -0.3 is 4.42 Å². The molecule has 0 saturated carbocycles. The van der Waals surface area contributed by atoms with Crippen molar-refractivity contribution in [2.75, 3.05) is 4.90 Å². The van der Waals surface area contributed by atoms with Crippen LogP contribution in [-0.4, -0.2) is 10.8 Å². The van der Waals surface area contributed by atoms with Gasteiger partial charge in [0.15, 0.2) is 0 Å². The maximum Gasteiger partial charge on any atom is 0.146 e. The van der Waals surface area contributed by atoms with Crippen molar-refractivity contribution in [3.63, 3.8) is 0 Å². The number of amidine groups is 1. The van der Waals surface area contributed by atoms with E-state index >= 15 is 0 Å². The van der Waals surface area contributed by atoms with Gasteiger partial charge in [0.25, 0.3) is 0 Å². The van der Waals surface area contributed by atoms with Crippen LogP contribution in [0.1, 0.15) is 61.8 Å². The van der Waals surface area contributed by atoms with E-state index in [1.807, 2.05) is 30.6 Å². The number of benzene rings is 6. The summed E-state index contributed by atoms with van der Waals surface area (Å²) in [4.78, 5) is 6.72. The Morgan fingerprint density at radius 2 is 1.13 bits per heavy atom. The molecule has 4 nitrogen and oxygen atoms in total. The standard InChI is InChI=1S/C49H43N3O/c1-31(2)44-26-39(35-15-10-7-11-16-35)27-45(32(3)4)47(44)52(40-25-33(5)29-51-30-40)49(50)43-18-12-17-42-41-24-23-38(28-46(41)53-48(42)43)37-21-19-36(20-22-37)34-13-8-6-9-14-34/h6-32,50H,1-5H3. The third-order valence-electron chi connectivity index (χ3n) is 10.2. The summed E-state index contributed by atoms with van der Waals surface area (Å²) in [7, 11) is 0. The highest BCUT2D eigenvalue weighted by molar-refractivity contribution is 6.21. The molecule has 0 aliphatic heterocycles. The van der Waals surface area contributed by atoms with Crippen molar-refractivity contribution in [2.24, 2.45) is 0 Å². The molecule has 0 bridgehead atoms. The van der Waals surface area contributed by atoms with E-state index < -0.39 is 0 Å². The maximum absolute atomic E-state index is 10.1. The molecule has 0 aliphatic rings. The minimum atomic E-state index is 0.196. The predicted molar refractivity (Wildman–Crippen MR) is 223 cm³/mol. The van der Waals surface area contributed by atoms with E-state index in [9.17, 15) is 5.41 Å². The lowest BCUT2D eigenvalue weighted by Crippen LogP contribution is -2.29. The summed E-state index contributed by atoms with van der Waals surface area (Å²) in [5, 5.41) is 12.1. The average Bonchev–Trinajstić information content (AvgIpc) is 3.57. The first-order valence-electron chi connectivity index (χ1n) is 18.4. The predicted octanol–water partition coefficient (Wildman–Crippen LogP) is 13.7. The number of aryl methyl sites for hydroxylation is 1. The Labute approximate surface area is 311 Å². The zero-order chi connectivity index (χ0) is 36.6. The van der Waals surface area contributed by atoms with Crippen LogP contribution in [0.15, 0.2) is 156 Å². The highest BCUT2D eigenvalue weighted by atomic mass is 16.3. The summed E-state index contributed by atoms with van der Waals surface area (Å²) >= 11 is 0. The maximum atomic E-state index is 10.1. The van der Waals surface area contributed by atoms with E-state index in [1.165, 1.54) is 33.4 Å². The van der Waals surface area contributed by atoms with E-state index in [-0.39, 0.29) is 11.8 Å². The molecule has 0 aliphatic carbocycles. The van der Waals surface area contributed by atoms with Gasteiger partial charge in [-0.05, 0) is 105 Å². The summed E-state index contributed by atoms with van der Waals surface area (Å²) in [5.74, 6) is 0.734. The molecule has 0 unspecified atom stereocenters. The quantitative estimate of drug-likeness (QED) is 0.128. The molecule has 6 aromatic carbocycles. The number of nitrogens with zero attached hydrogens (tertiary/aromatic N) is 2. The van der Waals surface area contributed by atoms with Gasteiger partial charge in [0.05, 0.1) is 23.1 Å². The first-order chi connectivity index (χ1) is 25.8. The Balaban J connectivity index is 1.27. The third kappa shape index (κ3) is 6.42. The molecule has 0 spiro atoms. The summed E-state index contributed by atoms with van der Waals surface area (Å²) in [6.07, 6.45) is 3.73. The van der Waals surface area contributed by atoms with Crippen LogP contribution in [0.5, 0.6) is 0 Å². The fourth-order valence-electron chi connectivity index (χ4n) is 7.42. The highest BCUT2D eigenvalue weighted by Crippen LogP contribution is 2.44. The Morgan fingerprint density at radius 1 is 0.566 bits per heavy atom. The number of aromatic nitrogens is 1. The summed E-state index contributed by atoms with van der Waals surface area (Å²) in [5.41, 5.74) is 14.5. The Kier molecular flexibility index (Phi) is 8.97. The molecular weight excluding hydrogens is 647 g/mol. The molecular formula is C49H43N3O. The van der Waals surface area contributed by atoms with Crippen molar-refractivity contribution in [1.82, 2.24) is 4.98 Å². The summed E-state index contributed by atoms with van der Waals surface area (Å²) in [6.45, 7) is 11.0. The highest BCUT2D eigenvalue weighted by Gasteiger charge is 2.28. The lowest BCUT2D eigenvalue weighted by atomic mass is 9.87. The molecule has 0 amide bonds. The fourth-order valence-corrected chi connectivity index (χ4v) is 7.42. The minimum Gasteiger partial charge on any atom is -0.455 e. The van der Waals surface area contributed by atoms with Crippen molar-refractivity contribution in [3.05, 3.63) is 174 Å². The van der Waals surface area contributed by atoms with E-state index in [1.54, 1.807) is 0 Å². The summed E-state index contributed by atoms with van der Waals surface area (Å²) < 4.78 is 6.75. The third-order valence-corrected chi connectivity index (χ3v) is 10.2. The second kappa shape index (κ2) is 14.0. The van der Waals surface area contributed by atoms with Gasteiger partial charge in [-0.1, -0.05) is 131 Å². The average molecular weight is 690 g/mol.